The van der Waals surface area contributed by atoms with Crippen LogP contribution in [-0.2, 0) is 11.3 Å². The first-order valence-corrected chi connectivity index (χ1v) is 8.38. The Morgan fingerprint density at radius 2 is 1.54 bits per heavy atom. The predicted octanol–water partition coefficient (Wildman–Crippen LogP) is 4.41. The molecule has 0 spiro atoms. The summed E-state index contributed by atoms with van der Waals surface area (Å²) in [5.41, 5.74) is 0.960. The van der Waals surface area contributed by atoms with Gasteiger partial charge in [0.1, 0.15) is 17.2 Å². The molecule has 138 valence electrons. The zero-order valence-corrected chi connectivity index (χ0v) is 14.5. The number of ether oxygens (including phenoxy) is 2. The Bertz CT molecular complexity index is 763. The summed E-state index contributed by atoms with van der Waals surface area (Å²) in [6.07, 6.45) is -4.26. The molecule has 2 aromatic carbocycles. The van der Waals surface area contributed by atoms with Gasteiger partial charge >= 0.3 is 6.36 Å². The maximum Gasteiger partial charge on any atom is 0.573 e. The molecule has 1 unspecified atom stereocenters. The number of carbonyl (C=O) groups is 1. The molecule has 1 saturated heterocycles. The summed E-state index contributed by atoms with van der Waals surface area (Å²) in [5.74, 6) is 0.711. The van der Waals surface area contributed by atoms with E-state index >= 15 is 0 Å². The highest BCUT2D eigenvalue weighted by atomic mass is 32.1. The van der Waals surface area contributed by atoms with Crippen molar-refractivity contribution in [3.63, 3.8) is 0 Å². The van der Waals surface area contributed by atoms with E-state index in [4.69, 9.17) is 4.74 Å². The topological polar surface area (TPSA) is 38.8 Å². The average Bonchev–Trinajstić information content (AvgIpc) is 2.87. The average molecular weight is 383 g/mol. The van der Waals surface area contributed by atoms with Gasteiger partial charge in [-0.05, 0) is 42.0 Å². The Kier molecular flexibility index (Phi) is 5.31. The molecular weight excluding hydrogens is 367 g/mol. The first kappa shape index (κ1) is 18.4. The highest BCUT2D eigenvalue weighted by molar-refractivity contribution is 7.81. The number of amides is 1. The van der Waals surface area contributed by atoms with Crippen LogP contribution < -0.4 is 9.47 Å². The van der Waals surface area contributed by atoms with Crippen molar-refractivity contribution in [3.05, 3.63) is 54.1 Å². The van der Waals surface area contributed by atoms with E-state index < -0.39 is 6.36 Å². The van der Waals surface area contributed by atoms with Crippen molar-refractivity contribution >= 4 is 18.5 Å². The maximum atomic E-state index is 12.1. The van der Waals surface area contributed by atoms with Gasteiger partial charge in [0.25, 0.3) is 0 Å². The number of hydrogen-bond donors (Lipinski definition) is 1. The number of thiol groups is 1. The minimum absolute atomic E-state index is 0.0782. The standard InChI is InChI=1S/C18H16F3NO3S/c19-18(20,21)25-15-7-5-14(6-8-15)24-13-3-1-12(2-4-13)10-22-11-16(26)9-17(22)23/h1-8,16,26H,9-11H2. The van der Waals surface area contributed by atoms with E-state index in [0.29, 0.717) is 31.0 Å². The maximum absolute atomic E-state index is 12.1. The number of nitrogens with zero attached hydrogens (tertiary/aromatic N) is 1. The van der Waals surface area contributed by atoms with Gasteiger partial charge in [0.15, 0.2) is 0 Å². The molecule has 4 nitrogen and oxygen atoms in total. The van der Waals surface area contributed by atoms with Crippen molar-refractivity contribution in [2.45, 2.75) is 24.6 Å². The molecule has 2 aromatic rings. The summed E-state index contributed by atoms with van der Waals surface area (Å²) in [4.78, 5) is 13.5. The number of halogens is 3. The van der Waals surface area contributed by atoms with Crippen molar-refractivity contribution in [2.24, 2.45) is 0 Å². The SMILES string of the molecule is O=C1CC(S)CN1Cc1ccc(Oc2ccc(OC(F)(F)F)cc2)cc1. The van der Waals surface area contributed by atoms with E-state index in [0.717, 1.165) is 5.56 Å². The van der Waals surface area contributed by atoms with Gasteiger partial charge in [-0.1, -0.05) is 12.1 Å². The van der Waals surface area contributed by atoms with Crippen molar-refractivity contribution in [2.75, 3.05) is 6.54 Å². The summed E-state index contributed by atoms with van der Waals surface area (Å²) in [7, 11) is 0. The quantitative estimate of drug-likeness (QED) is 0.778. The lowest BCUT2D eigenvalue weighted by molar-refractivity contribution is -0.274. The van der Waals surface area contributed by atoms with Gasteiger partial charge < -0.3 is 14.4 Å². The number of rotatable bonds is 5. The number of benzene rings is 2. The van der Waals surface area contributed by atoms with Crippen LogP contribution in [0, 0.1) is 0 Å². The van der Waals surface area contributed by atoms with E-state index in [-0.39, 0.29) is 16.9 Å². The van der Waals surface area contributed by atoms with Crippen LogP contribution in [0.4, 0.5) is 13.2 Å². The summed E-state index contributed by atoms with van der Waals surface area (Å²) in [5, 5.41) is 0.0782. The lowest BCUT2D eigenvalue weighted by Gasteiger charge is -2.16. The van der Waals surface area contributed by atoms with Gasteiger partial charge in [-0.3, -0.25) is 4.79 Å². The lowest BCUT2D eigenvalue weighted by Crippen LogP contribution is -2.24. The zero-order chi connectivity index (χ0) is 18.7. The molecule has 0 bridgehead atoms. The van der Waals surface area contributed by atoms with Crippen LogP contribution in [0.2, 0.25) is 0 Å². The predicted molar refractivity (Wildman–Crippen MR) is 92.4 cm³/mol. The fraction of sp³-hybridized carbons (Fsp3) is 0.278. The second kappa shape index (κ2) is 7.49. The first-order valence-electron chi connectivity index (χ1n) is 7.87. The third-order valence-electron chi connectivity index (χ3n) is 3.78. The summed E-state index contributed by atoms with van der Waals surface area (Å²) < 4.78 is 45.8. The molecule has 26 heavy (non-hydrogen) atoms. The first-order chi connectivity index (χ1) is 12.3. The minimum Gasteiger partial charge on any atom is -0.457 e. The van der Waals surface area contributed by atoms with E-state index in [1.54, 1.807) is 17.0 Å². The molecule has 3 rings (SSSR count). The van der Waals surface area contributed by atoms with Gasteiger partial charge in [0.05, 0.1) is 0 Å². The monoisotopic (exact) mass is 383 g/mol. The van der Waals surface area contributed by atoms with Crippen LogP contribution in [0.1, 0.15) is 12.0 Å². The normalized spacial score (nSPS) is 17.5. The van der Waals surface area contributed by atoms with Gasteiger partial charge in [-0.15, -0.1) is 13.2 Å². The van der Waals surface area contributed by atoms with Gasteiger partial charge in [-0.25, -0.2) is 0 Å². The Hall–Kier alpha value is -2.35. The molecule has 0 aromatic heterocycles. The van der Waals surface area contributed by atoms with Crippen molar-refractivity contribution in [1.82, 2.24) is 4.90 Å². The van der Waals surface area contributed by atoms with Crippen LogP contribution in [0.25, 0.3) is 0 Å². The second-order valence-electron chi connectivity index (χ2n) is 5.90. The number of likely N-dealkylation sites (tertiary alicyclic amines) is 1. The largest absolute Gasteiger partial charge is 0.573 e. The molecule has 1 amide bonds. The molecule has 1 fully saturated rings. The van der Waals surface area contributed by atoms with Crippen LogP contribution in [0.5, 0.6) is 17.2 Å². The van der Waals surface area contributed by atoms with Crippen LogP contribution >= 0.6 is 12.6 Å². The summed E-state index contributed by atoms with van der Waals surface area (Å²) in [6.45, 7) is 1.15. The molecule has 8 heteroatoms. The summed E-state index contributed by atoms with van der Waals surface area (Å²) in [6, 6.07) is 12.3. The smallest absolute Gasteiger partial charge is 0.457 e. The number of alkyl halides is 3. The van der Waals surface area contributed by atoms with E-state index in [1.165, 1.54) is 24.3 Å². The second-order valence-corrected chi connectivity index (χ2v) is 6.63. The van der Waals surface area contributed by atoms with Gasteiger partial charge in [-0.2, -0.15) is 12.6 Å². The highest BCUT2D eigenvalue weighted by Gasteiger charge is 2.31. The Morgan fingerprint density at radius 3 is 2.04 bits per heavy atom. The molecule has 1 aliphatic heterocycles. The van der Waals surface area contributed by atoms with Crippen LogP contribution in [0.3, 0.4) is 0 Å². The Morgan fingerprint density at radius 1 is 1.00 bits per heavy atom. The molecule has 0 N–H and O–H groups in total. The van der Waals surface area contributed by atoms with Crippen LogP contribution in [0.15, 0.2) is 48.5 Å². The third-order valence-corrected chi connectivity index (χ3v) is 4.13. The molecule has 1 aliphatic rings. The minimum atomic E-state index is -4.72. The fourth-order valence-electron chi connectivity index (χ4n) is 2.63. The lowest BCUT2D eigenvalue weighted by atomic mass is 10.2. The van der Waals surface area contributed by atoms with Gasteiger partial charge in [0, 0.05) is 24.8 Å². The highest BCUT2D eigenvalue weighted by Crippen LogP contribution is 2.28. The Balaban J connectivity index is 1.58. The van der Waals surface area contributed by atoms with E-state index in [1.807, 2.05) is 12.1 Å². The van der Waals surface area contributed by atoms with E-state index in [2.05, 4.69) is 17.4 Å². The molecule has 0 aliphatic carbocycles. The number of hydrogen-bond acceptors (Lipinski definition) is 4. The van der Waals surface area contributed by atoms with Crippen molar-refractivity contribution in [1.29, 1.82) is 0 Å². The number of carbonyl (C=O) groups excluding carboxylic acids is 1. The van der Waals surface area contributed by atoms with Crippen molar-refractivity contribution in [3.8, 4) is 17.2 Å². The zero-order valence-electron chi connectivity index (χ0n) is 13.6. The molecule has 1 heterocycles. The fourth-order valence-corrected chi connectivity index (χ4v) is 2.99. The van der Waals surface area contributed by atoms with Crippen LogP contribution in [-0.4, -0.2) is 29.0 Å². The molecule has 0 saturated carbocycles. The van der Waals surface area contributed by atoms with E-state index in [9.17, 15) is 18.0 Å². The summed E-state index contributed by atoms with van der Waals surface area (Å²) >= 11 is 4.33. The Labute approximate surface area is 153 Å². The molecule has 1 atom stereocenters. The third kappa shape index (κ3) is 5.08. The molecular formula is C18H16F3NO3S. The van der Waals surface area contributed by atoms with Crippen molar-refractivity contribution < 1.29 is 27.4 Å². The van der Waals surface area contributed by atoms with Gasteiger partial charge in [0.2, 0.25) is 5.91 Å². The molecule has 0 radical (unpaired) electrons.